The summed E-state index contributed by atoms with van der Waals surface area (Å²) in [5, 5.41) is 0.775. The normalized spacial score (nSPS) is 11.3. The van der Waals surface area contributed by atoms with Gasteiger partial charge in [0.1, 0.15) is 0 Å². The van der Waals surface area contributed by atoms with E-state index in [0.717, 1.165) is 46.1 Å². The molecule has 0 spiro atoms. The SMILES string of the molecule is CCN(CC)CCN(C(=O)c1ccc(C)cc1)c1nc2c(C)cccc2s1. The largest absolute Gasteiger partial charge is 0.302 e. The second-order valence-electron chi connectivity index (χ2n) is 6.77. The Morgan fingerprint density at radius 2 is 1.70 bits per heavy atom. The quantitative estimate of drug-likeness (QED) is 0.584. The van der Waals surface area contributed by atoms with Crippen molar-refractivity contribution in [2.24, 2.45) is 0 Å². The third-order valence-corrected chi connectivity index (χ3v) is 5.96. The third-order valence-electron chi connectivity index (χ3n) is 4.92. The van der Waals surface area contributed by atoms with Crippen LogP contribution in [0.4, 0.5) is 5.13 Å². The van der Waals surface area contributed by atoms with Gasteiger partial charge in [-0.25, -0.2) is 4.98 Å². The number of aromatic nitrogens is 1. The number of anilines is 1. The molecule has 4 nitrogen and oxygen atoms in total. The van der Waals surface area contributed by atoms with Crippen LogP contribution in [0.15, 0.2) is 42.5 Å². The van der Waals surface area contributed by atoms with Crippen molar-refractivity contribution in [3.05, 3.63) is 59.2 Å². The number of hydrogen-bond donors (Lipinski definition) is 0. The number of rotatable bonds is 7. The van der Waals surface area contributed by atoms with Crippen LogP contribution in [0.25, 0.3) is 10.2 Å². The lowest BCUT2D eigenvalue weighted by molar-refractivity contribution is 0.0984. The van der Waals surface area contributed by atoms with Gasteiger partial charge in [0, 0.05) is 18.7 Å². The van der Waals surface area contributed by atoms with Crippen LogP contribution in [0.3, 0.4) is 0 Å². The van der Waals surface area contributed by atoms with Crippen LogP contribution < -0.4 is 4.90 Å². The van der Waals surface area contributed by atoms with Gasteiger partial charge >= 0.3 is 0 Å². The van der Waals surface area contributed by atoms with E-state index in [1.807, 2.05) is 42.2 Å². The Labute approximate surface area is 165 Å². The van der Waals surface area contributed by atoms with Crippen molar-refractivity contribution >= 4 is 32.6 Å². The fourth-order valence-electron chi connectivity index (χ4n) is 3.11. The first-order valence-corrected chi connectivity index (χ1v) is 10.3. The molecule has 3 aromatic rings. The zero-order chi connectivity index (χ0) is 19.4. The summed E-state index contributed by atoms with van der Waals surface area (Å²) < 4.78 is 1.12. The molecule has 0 radical (unpaired) electrons. The lowest BCUT2D eigenvalue weighted by Crippen LogP contribution is -2.38. The lowest BCUT2D eigenvalue weighted by atomic mass is 10.1. The zero-order valence-corrected chi connectivity index (χ0v) is 17.3. The molecule has 1 aromatic heterocycles. The van der Waals surface area contributed by atoms with Gasteiger partial charge in [0.15, 0.2) is 5.13 Å². The van der Waals surface area contributed by atoms with Gasteiger partial charge in [0.05, 0.1) is 10.2 Å². The molecule has 0 unspecified atom stereocenters. The summed E-state index contributed by atoms with van der Waals surface area (Å²) in [6, 6.07) is 14.0. The number of hydrogen-bond acceptors (Lipinski definition) is 4. The minimum atomic E-state index is 0.0128. The Morgan fingerprint density at radius 1 is 1.00 bits per heavy atom. The van der Waals surface area contributed by atoms with Crippen molar-refractivity contribution in [3.63, 3.8) is 0 Å². The van der Waals surface area contributed by atoms with E-state index in [9.17, 15) is 4.79 Å². The fourth-order valence-corrected chi connectivity index (χ4v) is 4.18. The Morgan fingerprint density at radius 3 is 2.33 bits per heavy atom. The molecule has 27 heavy (non-hydrogen) atoms. The molecule has 0 saturated carbocycles. The van der Waals surface area contributed by atoms with Gasteiger partial charge in [-0.05, 0) is 50.7 Å². The van der Waals surface area contributed by atoms with Gasteiger partial charge < -0.3 is 4.90 Å². The first kappa shape index (κ1) is 19.5. The number of thiazole rings is 1. The number of likely N-dealkylation sites (N-methyl/N-ethyl adjacent to an activating group) is 1. The lowest BCUT2D eigenvalue weighted by Gasteiger charge is -2.24. The van der Waals surface area contributed by atoms with Gasteiger partial charge in [-0.3, -0.25) is 9.69 Å². The molecule has 0 fully saturated rings. The number of carbonyl (C=O) groups is 1. The third kappa shape index (κ3) is 4.37. The molecule has 0 aliphatic rings. The highest BCUT2D eigenvalue weighted by atomic mass is 32.1. The number of amides is 1. The highest BCUT2D eigenvalue weighted by Gasteiger charge is 2.22. The Kier molecular flexibility index (Phi) is 6.24. The highest BCUT2D eigenvalue weighted by molar-refractivity contribution is 7.22. The summed E-state index contributed by atoms with van der Waals surface area (Å²) in [5.74, 6) is 0.0128. The Bertz CT molecular complexity index is 913. The van der Waals surface area contributed by atoms with Gasteiger partial charge in [0.25, 0.3) is 5.91 Å². The first-order chi connectivity index (χ1) is 13.0. The van der Waals surface area contributed by atoms with E-state index in [0.29, 0.717) is 12.1 Å². The molecule has 1 heterocycles. The van der Waals surface area contributed by atoms with Crippen LogP contribution in [-0.2, 0) is 0 Å². The standard InChI is InChI=1S/C22H27N3OS/c1-5-24(6-2)14-15-25(21(26)18-12-10-16(3)11-13-18)22-23-20-17(4)8-7-9-19(20)27-22/h7-13H,5-6,14-15H2,1-4H3. The van der Waals surface area contributed by atoms with Gasteiger partial charge in [0.2, 0.25) is 0 Å². The second-order valence-corrected chi connectivity index (χ2v) is 7.78. The minimum absolute atomic E-state index is 0.0128. The molecule has 0 aliphatic heterocycles. The molecule has 3 rings (SSSR count). The van der Waals surface area contributed by atoms with E-state index < -0.39 is 0 Å². The van der Waals surface area contributed by atoms with Crippen molar-refractivity contribution in [1.29, 1.82) is 0 Å². The van der Waals surface area contributed by atoms with E-state index >= 15 is 0 Å². The summed E-state index contributed by atoms with van der Waals surface area (Å²) >= 11 is 1.59. The fraction of sp³-hybridized carbons (Fsp3) is 0.364. The van der Waals surface area contributed by atoms with Crippen LogP contribution in [0.2, 0.25) is 0 Å². The van der Waals surface area contributed by atoms with E-state index in [1.54, 1.807) is 11.3 Å². The van der Waals surface area contributed by atoms with Crippen molar-refractivity contribution in [3.8, 4) is 0 Å². The van der Waals surface area contributed by atoms with Crippen molar-refractivity contribution in [1.82, 2.24) is 9.88 Å². The van der Waals surface area contributed by atoms with Crippen molar-refractivity contribution in [2.75, 3.05) is 31.1 Å². The number of carbonyl (C=O) groups excluding carboxylic acids is 1. The molecule has 1 amide bonds. The Hall–Kier alpha value is -2.24. The van der Waals surface area contributed by atoms with Crippen LogP contribution in [0, 0.1) is 13.8 Å². The Balaban J connectivity index is 1.96. The highest BCUT2D eigenvalue weighted by Crippen LogP contribution is 2.31. The average Bonchev–Trinajstić information content (AvgIpc) is 3.11. The molecule has 0 bridgehead atoms. The molecular formula is C22H27N3OS. The summed E-state index contributed by atoms with van der Waals surface area (Å²) in [7, 11) is 0. The number of nitrogens with zero attached hydrogens (tertiary/aromatic N) is 3. The average molecular weight is 382 g/mol. The molecule has 142 valence electrons. The summed E-state index contributed by atoms with van der Waals surface area (Å²) in [5.41, 5.74) is 3.98. The van der Waals surface area contributed by atoms with E-state index in [4.69, 9.17) is 4.98 Å². The van der Waals surface area contributed by atoms with Crippen LogP contribution in [-0.4, -0.2) is 42.0 Å². The molecule has 5 heteroatoms. The minimum Gasteiger partial charge on any atom is -0.302 e. The maximum Gasteiger partial charge on any atom is 0.260 e. The van der Waals surface area contributed by atoms with Gasteiger partial charge in [-0.2, -0.15) is 0 Å². The van der Waals surface area contributed by atoms with Crippen molar-refractivity contribution in [2.45, 2.75) is 27.7 Å². The van der Waals surface area contributed by atoms with Crippen molar-refractivity contribution < 1.29 is 4.79 Å². The molecule has 0 atom stereocenters. The van der Waals surface area contributed by atoms with E-state index in [1.165, 1.54) is 0 Å². The maximum atomic E-state index is 13.3. The molecule has 0 saturated heterocycles. The monoisotopic (exact) mass is 381 g/mol. The smallest absolute Gasteiger partial charge is 0.260 e. The number of benzene rings is 2. The summed E-state index contributed by atoms with van der Waals surface area (Å²) in [6.45, 7) is 11.8. The van der Waals surface area contributed by atoms with Crippen LogP contribution in [0.5, 0.6) is 0 Å². The second kappa shape index (κ2) is 8.63. The van der Waals surface area contributed by atoms with E-state index in [2.05, 4.69) is 37.8 Å². The van der Waals surface area contributed by atoms with E-state index in [-0.39, 0.29) is 5.91 Å². The predicted molar refractivity (Wildman–Crippen MR) is 115 cm³/mol. The molecule has 0 aliphatic carbocycles. The summed E-state index contributed by atoms with van der Waals surface area (Å²) in [6.07, 6.45) is 0. The van der Waals surface area contributed by atoms with Crippen LogP contribution in [0.1, 0.15) is 35.3 Å². The molecule has 0 N–H and O–H groups in total. The van der Waals surface area contributed by atoms with Crippen LogP contribution >= 0.6 is 11.3 Å². The first-order valence-electron chi connectivity index (χ1n) is 9.50. The topological polar surface area (TPSA) is 36.4 Å². The summed E-state index contributed by atoms with van der Waals surface area (Å²) in [4.78, 5) is 22.3. The molecule has 2 aromatic carbocycles. The number of para-hydroxylation sites is 1. The number of fused-ring (bicyclic) bond motifs is 1. The number of aryl methyl sites for hydroxylation is 2. The van der Waals surface area contributed by atoms with Gasteiger partial charge in [-0.15, -0.1) is 0 Å². The zero-order valence-electron chi connectivity index (χ0n) is 16.5. The maximum absolute atomic E-state index is 13.3. The molecular weight excluding hydrogens is 354 g/mol. The van der Waals surface area contributed by atoms with Gasteiger partial charge in [-0.1, -0.05) is 55.0 Å². The predicted octanol–water partition coefficient (Wildman–Crippen LogP) is 4.90.